The fraction of sp³-hybridized carbons (Fsp3) is 0.455. The fourth-order valence-electron chi connectivity index (χ4n) is 1.23. The molecule has 2 amide bonds. The van der Waals surface area contributed by atoms with E-state index >= 15 is 0 Å². The summed E-state index contributed by atoms with van der Waals surface area (Å²) in [4.78, 5) is 30.5. The minimum Gasteiger partial charge on any atom is -0.354 e. The summed E-state index contributed by atoms with van der Waals surface area (Å²) in [5, 5.41) is 5.45. The predicted molar refractivity (Wildman–Crippen MR) is 67.3 cm³/mol. The van der Waals surface area contributed by atoms with Gasteiger partial charge in [-0.3, -0.25) is 14.6 Å². The summed E-state index contributed by atoms with van der Waals surface area (Å²) in [7, 11) is 0. The molecular formula is C11H15ClN4O2. The van der Waals surface area contributed by atoms with Gasteiger partial charge in [0.2, 0.25) is 5.91 Å². The maximum atomic E-state index is 11.6. The van der Waals surface area contributed by atoms with Gasteiger partial charge < -0.3 is 10.6 Å². The van der Waals surface area contributed by atoms with Crippen LogP contribution in [0, 0.1) is 0 Å². The molecule has 0 saturated heterocycles. The van der Waals surface area contributed by atoms with Crippen molar-refractivity contribution in [1.82, 2.24) is 20.6 Å². The van der Waals surface area contributed by atoms with E-state index in [1.54, 1.807) is 0 Å². The summed E-state index contributed by atoms with van der Waals surface area (Å²) >= 11 is 5.61. The highest BCUT2D eigenvalue weighted by Crippen LogP contribution is 2.01. The Balaban J connectivity index is 2.36. The molecule has 0 aromatic carbocycles. The van der Waals surface area contributed by atoms with Gasteiger partial charge in [0.15, 0.2) is 0 Å². The van der Waals surface area contributed by atoms with E-state index in [0.717, 1.165) is 0 Å². The Hall–Kier alpha value is -1.69. The van der Waals surface area contributed by atoms with Crippen molar-refractivity contribution in [3.8, 4) is 0 Å². The molecule has 1 heterocycles. The normalized spacial score (nSPS) is 10.2. The van der Waals surface area contributed by atoms with Crippen LogP contribution >= 0.6 is 11.6 Å². The van der Waals surface area contributed by atoms with E-state index in [1.807, 2.05) is 13.8 Å². The lowest BCUT2D eigenvalue weighted by molar-refractivity contribution is -0.121. The van der Waals surface area contributed by atoms with Crippen molar-refractivity contribution in [3.63, 3.8) is 0 Å². The Morgan fingerprint density at radius 2 is 2.11 bits per heavy atom. The van der Waals surface area contributed by atoms with Gasteiger partial charge in [0.25, 0.3) is 5.91 Å². The molecular weight excluding hydrogens is 256 g/mol. The zero-order valence-corrected chi connectivity index (χ0v) is 11.0. The van der Waals surface area contributed by atoms with Gasteiger partial charge in [-0.2, -0.15) is 0 Å². The molecule has 0 unspecified atom stereocenters. The van der Waals surface area contributed by atoms with Gasteiger partial charge in [0.05, 0.1) is 12.4 Å². The van der Waals surface area contributed by atoms with Gasteiger partial charge in [-0.1, -0.05) is 11.6 Å². The quantitative estimate of drug-likeness (QED) is 0.828. The molecule has 0 atom stereocenters. The van der Waals surface area contributed by atoms with Gasteiger partial charge in [-0.25, -0.2) is 4.98 Å². The van der Waals surface area contributed by atoms with E-state index in [4.69, 9.17) is 11.6 Å². The molecule has 0 spiro atoms. The van der Waals surface area contributed by atoms with Crippen LogP contribution in [-0.2, 0) is 4.79 Å². The number of halogens is 1. The third kappa shape index (κ3) is 5.09. The maximum Gasteiger partial charge on any atom is 0.271 e. The largest absolute Gasteiger partial charge is 0.354 e. The smallest absolute Gasteiger partial charge is 0.271 e. The second-order valence-electron chi connectivity index (χ2n) is 3.96. The molecule has 98 valence electrons. The van der Waals surface area contributed by atoms with Gasteiger partial charge in [0.1, 0.15) is 10.8 Å². The molecule has 0 radical (unpaired) electrons. The predicted octanol–water partition coefficient (Wildman–Crippen LogP) is 0.774. The second kappa shape index (κ2) is 6.90. The zero-order valence-electron chi connectivity index (χ0n) is 10.2. The average Bonchev–Trinajstić information content (AvgIpc) is 2.27. The highest BCUT2D eigenvalue weighted by Gasteiger charge is 2.09. The van der Waals surface area contributed by atoms with E-state index in [2.05, 4.69) is 20.6 Å². The molecule has 2 N–H and O–H groups in total. The van der Waals surface area contributed by atoms with Crippen molar-refractivity contribution in [2.75, 3.05) is 6.54 Å². The number of hydrogen-bond donors (Lipinski definition) is 2. The summed E-state index contributed by atoms with van der Waals surface area (Å²) in [6.45, 7) is 3.99. The van der Waals surface area contributed by atoms with Crippen LogP contribution in [0.15, 0.2) is 12.4 Å². The standard InChI is InChI=1S/C11H15ClN4O2/c1-7(2)15-10(17)3-4-14-11(18)8-5-13-6-9(12)16-8/h5-7H,3-4H2,1-2H3,(H,14,18)(H,15,17). The molecule has 1 aromatic rings. The number of carbonyl (C=O) groups is 2. The van der Waals surface area contributed by atoms with Crippen LogP contribution in [0.1, 0.15) is 30.8 Å². The number of aromatic nitrogens is 2. The van der Waals surface area contributed by atoms with E-state index in [1.165, 1.54) is 12.4 Å². The Morgan fingerprint density at radius 1 is 1.39 bits per heavy atom. The summed E-state index contributed by atoms with van der Waals surface area (Å²) in [6, 6.07) is 0.0898. The van der Waals surface area contributed by atoms with E-state index in [9.17, 15) is 9.59 Å². The third-order valence-electron chi connectivity index (χ3n) is 1.93. The van der Waals surface area contributed by atoms with Crippen molar-refractivity contribution in [1.29, 1.82) is 0 Å². The summed E-state index contributed by atoms with van der Waals surface area (Å²) < 4.78 is 0. The average molecular weight is 271 g/mol. The van der Waals surface area contributed by atoms with Crippen molar-refractivity contribution >= 4 is 23.4 Å². The Morgan fingerprint density at radius 3 is 2.72 bits per heavy atom. The Labute approximate surface area is 110 Å². The van der Waals surface area contributed by atoms with Crippen LogP contribution in [0.4, 0.5) is 0 Å². The highest BCUT2D eigenvalue weighted by molar-refractivity contribution is 6.29. The van der Waals surface area contributed by atoms with Gasteiger partial charge in [-0.15, -0.1) is 0 Å². The molecule has 0 aliphatic carbocycles. The van der Waals surface area contributed by atoms with Crippen LogP contribution in [-0.4, -0.2) is 34.4 Å². The van der Waals surface area contributed by atoms with E-state index in [-0.39, 0.29) is 35.8 Å². The van der Waals surface area contributed by atoms with Crippen molar-refractivity contribution < 1.29 is 9.59 Å². The summed E-state index contributed by atoms with van der Waals surface area (Å²) in [5.41, 5.74) is 0.131. The van der Waals surface area contributed by atoms with Crippen molar-refractivity contribution in [2.45, 2.75) is 26.3 Å². The number of rotatable bonds is 5. The lowest BCUT2D eigenvalue weighted by atomic mass is 10.3. The van der Waals surface area contributed by atoms with Crippen LogP contribution in [0.3, 0.4) is 0 Å². The monoisotopic (exact) mass is 270 g/mol. The minimum absolute atomic E-state index is 0.0898. The number of carbonyl (C=O) groups excluding carboxylic acids is 2. The Kier molecular flexibility index (Phi) is 5.51. The number of nitrogens with zero attached hydrogens (tertiary/aromatic N) is 2. The van der Waals surface area contributed by atoms with Crippen LogP contribution in [0.25, 0.3) is 0 Å². The van der Waals surface area contributed by atoms with Crippen LogP contribution < -0.4 is 10.6 Å². The topological polar surface area (TPSA) is 84.0 Å². The number of nitrogens with one attached hydrogen (secondary N) is 2. The molecule has 7 heteroatoms. The lowest BCUT2D eigenvalue weighted by Crippen LogP contribution is -2.34. The zero-order chi connectivity index (χ0) is 13.5. The number of amides is 2. The number of hydrogen-bond acceptors (Lipinski definition) is 4. The van der Waals surface area contributed by atoms with Crippen LogP contribution in [0.5, 0.6) is 0 Å². The fourth-order valence-corrected chi connectivity index (χ4v) is 1.37. The first kappa shape index (κ1) is 14.4. The first-order chi connectivity index (χ1) is 8.49. The molecule has 18 heavy (non-hydrogen) atoms. The van der Waals surface area contributed by atoms with Gasteiger partial charge in [0, 0.05) is 19.0 Å². The van der Waals surface area contributed by atoms with Crippen molar-refractivity contribution in [2.24, 2.45) is 0 Å². The first-order valence-corrected chi connectivity index (χ1v) is 5.92. The van der Waals surface area contributed by atoms with E-state index in [0.29, 0.717) is 0 Å². The van der Waals surface area contributed by atoms with Gasteiger partial charge in [-0.05, 0) is 13.8 Å². The minimum atomic E-state index is -0.401. The summed E-state index contributed by atoms with van der Waals surface area (Å²) in [6.07, 6.45) is 2.88. The SMILES string of the molecule is CC(C)NC(=O)CCNC(=O)c1cncc(Cl)n1. The molecule has 0 bridgehead atoms. The maximum absolute atomic E-state index is 11.6. The molecule has 0 aliphatic rings. The molecule has 6 nitrogen and oxygen atoms in total. The van der Waals surface area contributed by atoms with Gasteiger partial charge >= 0.3 is 0 Å². The Bertz CT molecular complexity index is 437. The molecule has 0 saturated carbocycles. The van der Waals surface area contributed by atoms with Crippen LogP contribution in [0.2, 0.25) is 5.15 Å². The first-order valence-electron chi connectivity index (χ1n) is 5.54. The second-order valence-corrected chi connectivity index (χ2v) is 4.34. The highest BCUT2D eigenvalue weighted by atomic mass is 35.5. The molecule has 0 fully saturated rings. The lowest BCUT2D eigenvalue weighted by Gasteiger charge is -2.08. The molecule has 0 aliphatic heterocycles. The molecule has 1 rings (SSSR count). The van der Waals surface area contributed by atoms with Crippen molar-refractivity contribution in [3.05, 3.63) is 23.2 Å². The van der Waals surface area contributed by atoms with E-state index < -0.39 is 5.91 Å². The molecule has 1 aromatic heterocycles. The third-order valence-corrected chi connectivity index (χ3v) is 2.11. The summed E-state index contributed by atoms with van der Waals surface area (Å²) in [5.74, 6) is -0.509.